The van der Waals surface area contributed by atoms with Gasteiger partial charge in [-0.1, -0.05) is 37.6 Å². The molecule has 2 aromatic carbocycles. The van der Waals surface area contributed by atoms with Gasteiger partial charge in [0.2, 0.25) is 0 Å². The Morgan fingerprint density at radius 3 is 1.41 bits per heavy atom. The van der Waals surface area contributed by atoms with E-state index in [0.717, 1.165) is 12.8 Å². The number of fused-ring (bicyclic) bond motifs is 2. The SMILES string of the molecule is CC(C)N1C(=O)c2ccccc2C1=O.CCCCN1C(=O)c2ccccc2C1=O. The minimum Gasteiger partial charge on any atom is -0.274 e. The molecule has 0 atom stereocenters. The van der Waals surface area contributed by atoms with Crippen molar-refractivity contribution in [3.05, 3.63) is 70.8 Å². The number of carbonyl (C=O) groups excluding carboxylic acids is 4. The molecule has 29 heavy (non-hydrogen) atoms. The molecule has 2 aliphatic heterocycles. The number of hydrogen-bond donors (Lipinski definition) is 0. The highest BCUT2D eigenvalue weighted by molar-refractivity contribution is 6.22. The monoisotopic (exact) mass is 392 g/mol. The van der Waals surface area contributed by atoms with E-state index in [1.165, 1.54) is 9.80 Å². The van der Waals surface area contributed by atoms with Crippen LogP contribution in [0.2, 0.25) is 0 Å². The molecule has 150 valence electrons. The van der Waals surface area contributed by atoms with Crippen molar-refractivity contribution in [2.45, 2.75) is 39.7 Å². The Balaban J connectivity index is 0.000000166. The summed E-state index contributed by atoms with van der Waals surface area (Å²) in [5.74, 6) is -0.658. The maximum Gasteiger partial charge on any atom is 0.261 e. The fourth-order valence-electron chi connectivity index (χ4n) is 3.44. The van der Waals surface area contributed by atoms with Crippen molar-refractivity contribution in [2.24, 2.45) is 0 Å². The predicted octanol–water partition coefficient (Wildman–Crippen LogP) is 3.77. The Morgan fingerprint density at radius 1 is 0.690 bits per heavy atom. The summed E-state index contributed by atoms with van der Waals surface area (Å²) in [6, 6.07) is 13.8. The zero-order chi connectivity index (χ0) is 21.1. The smallest absolute Gasteiger partial charge is 0.261 e. The lowest BCUT2D eigenvalue weighted by Gasteiger charge is -2.17. The van der Waals surface area contributed by atoms with Gasteiger partial charge in [0.15, 0.2) is 0 Å². The van der Waals surface area contributed by atoms with Crippen LogP contribution in [0.4, 0.5) is 0 Å². The normalized spacial score (nSPS) is 14.9. The second-order valence-electron chi connectivity index (χ2n) is 7.28. The summed E-state index contributed by atoms with van der Waals surface area (Å²) in [6.45, 7) is 6.24. The van der Waals surface area contributed by atoms with Gasteiger partial charge in [-0.2, -0.15) is 0 Å². The molecular weight excluding hydrogens is 368 g/mol. The summed E-state index contributed by atoms with van der Waals surface area (Å²) >= 11 is 0. The topological polar surface area (TPSA) is 74.8 Å². The summed E-state index contributed by atoms with van der Waals surface area (Å²) in [6.07, 6.45) is 1.85. The largest absolute Gasteiger partial charge is 0.274 e. The third kappa shape index (κ3) is 3.70. The number of carbonyl (C=O) groups is 4. The zero-order valence-electron chi connectivity index (χ0n) is 16.8. The molecule has 4 amide bonds. The quantitative estimate of drug-likeness (QED) is 0.742. The molecule has 2 heterocycles. The Bertz CT molecular complexity index is 910. The van der Waals surface area contributed by atoms with Gasteiger partial charge < -0.3 is 0 Å². The lowest BCUT2D eigenvalue weighted by molar-refractivity contribution is 0.0603. The van der Waals surface area contributed by atoms with Gasteiger partial charge in [-0.25, -0.2) is 0 Å². The fourth-order valence-corrected chi connectivity index (χ4v) is 3.44. The van der Waals surface area contributed by atoms with Crippen molar-refractivity contribution >= 4 is 23.6 Å². The van der Waals surface area contributed by atoms with E-state index >= 15 is 0 Å². The molecule has 0 fully saturated rings. The van der Waals surface area contributed by atoms with E-state index in [0.29, 0.717) is 28.8 Å². The Kier molecular flexibility index (Phi) is 5.92. The molecule has 0 N–H and O–H groups in total. The van der Waals surface area contributed by atoms with Crippen molar-refractivity contribution in [3.8, 4) is 0 Å². The maximum atomic E-state index is 11.8. The Morgan fingerprint density at radius 2 is 1.07 bits per heavy atom. The maximum absolute atomic E-state index is 11.8. The molecule has 0 spiro atoms. The van der Waals surface area contributed by atoms with E-state index in [-0.39, 0.29) is 29.7 Å². The van der Waals surface area contributed by atoms with E-state index in [1.807, 2.05) is 20.8 Å². The van der Waals surface area contributed by atoms with Crippen LogP contribution in [0.5, 0.6) is 0 Å². The van der Waals surface area contributed by atoms with Gasteiger partial charge in [0.05, 0.1) is 22.3 Å². The van der Waals surface area contributed by atoms with Crippen molar-refractivity contribution < 1.29 is 19.2 Å². The summed E-state index contributed by atoms with van der Waals surface area (Å²) in [5, 5.41) is 0. The first-order valence-electron chi connectivity index (χ1n) is 9.80. The number of benzene rings is 2. The van der Waals surface area contributed by atoms with E-state index in [1.54, 1.807) is 48.5 Å². The summed E-state index contributed by atoms with van der Waals surface area (Å²) in [7, 11) is 0. The number of hydrogen-bond acceptors (Lipinski definition) is 4. The zero-order valence-corrected chi connectivity index (χ0v) is 16.8. The molecule has 0 unspecified atom stereocenters. The first-order valence-corrected chi connectivity index (χ1v) is 9.80. The summed E-state index contributed by atoms with van der Waals surface area (Å²) < 4.78 is 0. The van der Waals surface area contributed by atoms with Gasteiger partial charge in [-0.15, -0.1) is 0 Å². The summed E-state index contributed by atoms with van der Waals surface area (Å²) in [5.41, 5.74) is 2.12. The second-order valence-corrected chi connectivity index (χ2v) is 7.28. The number of rotatable bonds is 4. The average molecular weight is 392 g/mol. The lowest BCUT2D eigenvalue weighted by atomic mass is 10.1. The van der Waals surface area contributed by atoms with E-state index in [4.69, 9.17) is 0 Å². The molecule has 0 bridgehead atoms. The van der Waals surface area contributed by atoms with Crippen molar-refractivity contribution in [2.75, 3.05) is 6.54 Å². The van der Waals surface area contributed by atoms with Crippen LogP contribution in [0.3, 0.4) is 0 Å². The number of imide groups is 2. The number of unbranched alkanes of at least 4 members (excludes halogenated alkanes) is 1. The van der Waals surface area contributed by atoms with Crippen LogP contribution in [-0.4, -0.2) is 46.0 Å². The van der Waals surface area contributed by atoms with Crippen molar-refractivity contribution in [1.82, 2.24) is 9.80 Å². The van der Waals surface area contributed by atoms with E-state index in [9.17, 15) is 19.2 Å². The Labute approximate surface area is 170 Å². The van der Waals surface area contributed by atoms with Gasteiger partial charge in [-0.3, -0.25) is 29.0 Å². The number of nitrogens with zero attached hydrogens (tertiary/aromatic N) is 2. The molecule has 2 aromatic rings. The van der Waals surface area contributed by atoms with Crippen LogP contribution in [0, 0.1) is 0 Å². The van der Waals surface area contributed by atoms with Crippen molar-refractivity contribution in [3.63, 3.8) is 0 Å². The highest BCUT2D eigenvalue weighted by Crippen LogP contribution is 2.24. The Hall–Kier alpha value is -3.28. The van der Waals surface area contributed by atoms with E-state index in [2.05, 4.69) is 0 Å². The summed E-state index contributed by atoms with van der Waals surface area (Å²) in [4.78, 5) is 49.8. The second kappa shape index (κ2) is 8.39. The lowest BCUT2D eigenvalue weighted by Crippen LogP contribution is -2.35. The van der Waals surface area contributed by atoms with Crippen LogP contribution < -0.4 is 0 Å². The van der Waals surface area contributed by atoms with Gasteiger partial charge >= 0.3 is 0 Å². The third-order valence-electron chi connectivity index (χ3n) is 4.96. The van der Waals surface area contributed by atoms with Gasteiger partial charge in [0, 0.05) is 12.6 Å². The molecule has 0 saturated heterocycles. The van der Waals surface area contributed by atoms with Crippen LogP contribution in [-0.2, 0) is 0 Å². The minimum atomic E-state index is -0.180. The molecule has 0 saturated carbocycles. The van der Waals surface area contributed by atoms with Crippen LogP contribution in [0.15, 0.2) is 48.5 Å². The molecule has 2 aliphatic rings. The third-order valence-corrected chi connectivity index (χ3v) is 4.96. The van der Waals surface area contributed by atoms with Crippen LogP contribution in [0.1, 0.15) is 75.0 Å². The van der Waals surface area contributed by atoms with Gasteiger partial charge in [0.1, 0.15) is 0 Å². The minimum absolute atomic E-state index is 0.0811. The van der Waals surface area contributed by atoms with Crippen LogP contribution in [0.25, 0.3) is 0 Å². The molecule has 4 rings (SSSR count). The highest BCUT2D eigenvalue weighted by Gasteiger charge is 2.36. The standard InChI is InChI=1S/C12H13NO2.C11H11NO2/c1-2-3-8-13-11(14)9-6-4-5-7-10(9)12(13)15;1-7(2)12-10(13)8-5-3-4-6-9(8)11(12)14/h4-7H,2-3,8H2,1H3;3-7H,1-2H3. The number of amides is 4. The molecule has 0 aliphatic carbocycles. The predicted molar refractivity (Wildman–Crippen MR) is 109 cm³/mol. The molecular formula is C23H24N2O4. The van der Waals surface area contributed by atoms with Gasteiger partial charge in [0.25, 0.3) is 23.6 Å². The van der Waals surface area contributed by atoms with Gasteiger partial charge in [-0.05, 0) is 44.5 Å². The molecule has 0 aromatic heterocycles. The molecule has 6 nitrogen and oxygen atoms in total. The van der Waals surface area contributed by atoms with Crippen LogP contribution >= 0.6 is 0 Å². The first-order chi connectivity index (χ1) is 13.9. The molecule has 6 heteroatoms. The first kappa shape index (κ1) is 20.5. The molecule has 0 radical (unpaired) electrons. The van der Waals surface area contributed by atoms with E-state index < -0.39 is 0 Å². The fraction of sp³-hybridized carbons (Fsp3) is 0.304. The van der Waals surface area contributed by atoms with Crippen molar-refractivity contribution in [1.29, 1.82) is 0 Å². The average Bonchev–Trinajstić information content (AvgIpc) is 3.12. The highest BCUT2D eigenvalue weighted by atomic mass is 16.2.